The first-order valence-electron chi connectivity index (χ1n) is 7.15. The van der Waals surface area contributed by atoms with Crippen LogP contribution in [0.25, 0.3) is 11.2 Å². The fraction of sp³-hybridized carbons (Fsp3) is 0.267. The lowest BCUT2D eigenvalue weighted by Gasteiger charge is -2.09. The van der Waals surface area contributed by atoms with Crippen molar-refractivity contribution in [1.82, 2.24) is 19.1 Å². The fourth-order valence-electron chi connectivity index (χ4n) is 2.50. The number of halogens is 3. The van der Waals surface area contributed by atoms with Crippen molar-refractivity contribution in [1.29, 1.82) is 0 Å². The smallest absolute Gasteiger partial charge is 0.406 e. The number of rotatable bonds is 3. The molecule has 132 valence electrons. The molecule has 3 rings (SSSR count). The molecule has 0 saturated heterocycles. The Morgan fingerprint density at radius 3 is 2.60 bits per heavy atom. The van der Waals surface area contributed by atoms with Crippen LogP contribution in [0.3, 0.4) is 0 Å². The van der Waals surface area contributed by atoms with Gasteiger partial charge in [-0.25, -0.2) is 9.78 Å². The highest BCUT2D eigenvalue weighted by atomic mass is 19.4. The van der Waals surface area contributed by atoms with Crippen LogP contribution in [0.15, 0.2) is 33.9 Å². The van der Waals surface area contributed by atoms with E-state index in [0.29, 0.717) is 11.4 Å². The molecular formula is C15H13F3N4O3. The number of nitrogens with zero attached hydrogens (tertiary/aromatic N) is 3. The summed E-state index contributed by atoms with van der Waals surface area (Å²) in [4.78, 5) is 31.0. The molecule has 0 aliphatic rings. The number of imidazole rings is 1. The second-order valence-electron chi connectivity index (χ2n) is 5.46. The number of benzene rings is 1. The molecule has 0 spiro atoms. The van der Waals surface area contributed by atoms with Gasteiger partial charge in [0.05, 0.1) is 0 Å². The number of ether oxygens (including phenoxy) is 1. The Labute approximate surface area is 138 Å². The van der Waals surface area contributed by atoms with Crippen LogP contribution in [-0.2, 0) is 20.5 Å². The summed E-state index contributed by atoms with van der Waals surface area (Å²) in [5.74, 6) is 0.00174. The van der Waals surface area contributed by atoms with Crippen molar-refractivity contribution in [3.63, 3.8) is 0 Å². The molecule has 0 fully saturated rings. The summed E-state index contributed by atoms with van der Waals surface area (Å²) in [6.45, 7) is 0. The molecule has 0 saturated carbocycles. The first-order chi connectivity index (χ1) is 11.7. The predicted molar refractivity (Wildman–Crippen MR) is 82.5 cm³/mol. The molecule has 3 aromatic rings. The second-order valence-corrected chi connectivity index (χ2v) is 5.46. The largest absolute Gasteiger partial charge is 0.573 e. The van der Waals surface area contributed by atoms with Gasteiger partial charge in [0.1, 0.15) is 17.1 Å². The maximum absolute atomic E-state index is 12.3. The van der Waals surface area contributed by atoms with Gasteiger partial charge in [-0.15, -0.1) is 13.2 Å². The van der Waals surface area contributed by atoms with E-state index in [9.17, 15) is 22.8 Å². The molecule has 10 heteroatoms. The molecular weight excluding hydrogens is 341 g/mol. The fourth-order valence-corrected chi connectivity index (χ4v) is 2.50. The number of hydrogen-bond acceptors (Lipinski definition) is 4. The topological polar surface area (TPSA) is 81.9 Å². The van der Waals surface area contributed by atoms with Crippen molar-refractivity contribution in [3.8, 4) is 5.75 Å². The summed E-state index contributed by atoms with van der Waals surface area (Å²) in [7, 11) is 2.83. The Hall–Kier alpha value is -3.04. The summed E-state index contributed by atoms with van der Waals surface area (Å²) in [6.07, 6.45) is -4.64. The third-order valence-electron chi connectivity index (χ3n) is 3.65. The standard InChI is InChI=1S/C15H13F3N4O3/c1-21-12-11(13(23)22(2)14(21)24)19-10(20-12)7-8-4-3-5-9(6-8)25-15(16,17)18/h3-6H,7H2,1-2H3,(H,19,20). The quantitative estimate of drug-likeness (QED) is 0.772. The zero-order chi connectivity index (χ0) is 18.4. The number of aromatic amines is 1. The number of aryl methyl sites for hydroxylation is 1. The SMILES string of the molecule is Cn1c(=O)c2[nH]c(Cc3cccc(OC(F)(F)F)c3)nc2n(C)c1=O. The van der Waals surface area contributed by atoms with Crippen molar-refractivity contribution in [3.05, 3.63) is 56.5 Å². The van der Waals surface area contributed by atoms with E-state index >= 15 is 0 Å². The molecule has 0 aliphatic heterocycles. The monoisotopic (exact) mass is 354 g/mol. The van der Waals surface area contributed by atoms with Crippen LogP contribution in [-0.4, -0.2) is 25.5 Å². The Morgan fingerprint density at radius 1 is 1.20 bits per heavy atom. The highest BCUT2D eigenvalue weighted by Gasteiger charge is 2.31. The number of alkyl halides is 3. The van der Waals surface area contributed by atoms with Gasteiger partial charge >= 0.3 is 12.1 Å². The normalized spacial score (nSPS) is 11.9. The summed E-state index contributed by atoms with van der Waals surface area (Å²) < 4.78 is 42.9. The lowest BCUT2D eigenvalue weighted by Crippen LogP contribution is -2.36. The van der Waals surface area contributed by atoms with Crippen LogP contribution in [0.2, 0.25) is 0 Å². The highest BCUT2D eigenvalue weighted by Crippen LogP contribution is 2.24. The van der Waals surface area contributed by atoms with E-state index in [2.05, 4.69) is 14.7 Å². The van der Waals surface area contributed by atoms with Gasteiger partial charge in [-0.05, 0) is 17.7 Å². The van der Waals surface area contributed by atoms with Gasteiger partial charge in [0, 0.05) is 20.5 Å². The van der Waals surface area contributed by atoms with Gasteiger partial charge in [0.15, 0.2) is 5.65 Å². The summed E-state index contributed by atoms with van der Waals surface area (Å²) in [5, 5.41) is 0. The molecule has 1 aromatic carbocycles. The Kier molecular flexibility index (Phi) is 3.90. The van der Waals surface area contributed by atoms with E-state index in [-0.39, 0.29) is 23.3 Å². The van der Waals surface area contributed by atoms with Gasteiger partial charge < -0.3 is 9.72 Å². The molecule has 0 radical (unpaired) electrons. The summed E-state index contributed by atoms with van der Waals surface area (Å²) >= 11 is 0. The van der Waals surface area contributed by atoms with E-state index in [1.165, 1.54) is 36.9 Å². The molecule has 0 aliphatic carbocycles. The number of hydrogen-bond donors (Lipinski definition) is 1. The molecule has 1 N–H and O–H groups in total. The van der Waals surface area contributed by atoms with Crippen molar-refractivity contribution in [2.75, 3.05) is 0 Å². The van der Waals surface area contributed by atoms with Gasteiger partial charge in [0.25, 0.3) is 5.56 Å². The number of fused-ring (bicyclic) bond motifs is 1. The second kappa shape index (κ2) is 5.80. The van der Waals surface area contributed by atoms with Gasteiger partial charge in [-0.1, -0.05) is 12.1 Å². The van der Waals surface area contributed by atoms with Crippen LogP contribution in [0.4, 0.5) is 13.2 Å². The zero-order valence-electron chi connectivity index (χ0n) is 13.2. The number of nitrogens with one attached hydrogen (secondary N) is 1. The van der Waals surface area contributed by atoms with Crippen molar-refractivity contribution in [2.24, 2.45) is 14.1 Å². The van der Waals surface area contributed by atoms with E-state index in [1.807, 2.05) is 0 Å². The molecule has 25 heavy (non-hydrogen) atoms. The molecule has 0 atom stereocenters. The minimum absolute atomic E-state index is 0.140. The van der Waals surface area contributed by atoms with E-state index in [1.54, 1.807) is 6.07 Å². The Bertz CT molecular complexity index is 1060. The van der Waals surface area contributed by atoms with Gasteiger partial charge in [-0.3, -0.25) is 13.9 Å². The minimum Gasteiger partial charge on any atom is -0.406 e. The first-order valence-corrected chi connectivity index (χ1v) is 7.15. The predicted octanol–water partition coefficient (Wildman–Crippen LogP) is 1.45. The maximum Gasteiger partial charge on any atom is 0.573 e. The van der Waals surface area contributed by atoms with E-state index < -0.39 is 17.6 Å². The summed E-state index contributed by atoms with van der Waals surface area (Å²) in [6, 6.07) is 5.45. The van der Waals surface area contributed by atoms with E-state index in [4.69, 9.17) is 0 Å². The third-order valence-corrected chi connectivity index (χ3v) is 3.65. The van der Waals surface area contributed by atoms with Crippen LogP contribution in [0.5, 0.6) is 5.75 Å². The van der Waals surface area contributed by atoms with Crippen molar-refractivity contribution in [2.45, 2.75) is 12.8 Å². The lowest BCUT2D eigenvalue weighted by atomic mass is 10.1. The molecule has 7 nitrogen and oxygen atoms in total. The van der Waals surface area contributed by atoms with Crippen molar-refractivity contribution < 1.29 is 17.9 Å². The maximum atomic E-state index is 12.3. The molecule has 2 heterocycles. The van der Waals surface area contributed by atoms with Gasteiger partial charge in [-0.2, -0.15) is 0 Å². The van der Waals surface area contributed by atoms with Crippen LogP contribution < -0.4 is 16.0 Å². The Balaban J connectivity index is 1.98. The van der Waals surface area contributed by atoms with Crippen LogP contribution >= 0.6 is 0 Å². The van der Waals surface area contributed by atoms with Crippen LogP contribution in [0, 0.1) is 0 Å². The summed E-state index contributed by atoms with van der Waals surface area (Å²) in [5.41, 5.74) is -0.196. The van der Waals surface area contributed by atoms with Crippen LogP contribution in [0.1, 0.15) is 11.4 Å². The zero-order valence-corrected chi connectivity index (χ0v) is 13.2. The van der Waals surface area contributed by atoms with E-state index in [0.717, 1.165) is 4.57 Å². The van der Waals surface area contributed by atoms with Gasteiger partial charge in [0.2, 0.25) is 0 Å². The molecule has 0 bridgehead atoms. The Morgan fingerprint density at radius 2 is 1.92 bits per heavy atom. The number of aromatic nitrogens is 4. The number of H-pyrrole nitrogens is 1. The minimum atomic E-state index is -4.78. The average Bonchev–Trinajstić information content (AvgIpc) is 2.93. The average molecular weight is 354 g/mol. The third kappa shape index (κ3) is 3.28. The highest BCUT2D eigenvalue weighted by molar-refractivity contribution is 5.69. The molecule has 0 amide bonds. The lowest BCUT2D eigenvalue weighted by molar-refractivity contribution is -0.274. The first kappa shape index (κ1) is 16.8. The molecule has 2 aromatic heterocycles. The molecule has 0 unspecified atom stereocenters. The van der Waals surface area contributed by atoms with Crippen molar-refractivity contribution >= 4 is 11.2 Å².